The van der Waals surface area contributed by atoms with Crippen LogP contribution in [0.1, 0.15) is 11.3 Å². The molecule has 2 aliphatic rings. The van der Waals surface area contributed by atoms with Gasteiger partial charge in [-0.1, -0.05) is 30.3 Å². The van der Waals surface area contributed by atoms with Crippen LogP contribution >= 0.6 is 11.8 Å². The van der Waals surface area contributed by atoms with Crippen LogP contribution < -0.4 is 20.0 Å². The number of nitrogens with one attached hydrogen (secondary N) is 1. The molecule has 2 fully saturated rings. The van der Waals surface area contributed by atoms with Crippen molar-refractivity contribution in [3.8, 4) is 0 Å². The molecule has 9 nitrogen and oxygen atoms in total. The fourth-order valence-corrected chi connectivity index (χ4v) is 4.72. The third kappa shape index (κ3) is 5.43. The zero-order chi connectivity index (χ0) is 24.2. The molecule has 2 saturated heterocycles. The number of anilines is 3. The number of amides is 2. The third-order valence-electron chi connectivity index (χ3n) is 5.87. The summed E-state index contributed by atoms with van der Waals surface area (Å²) in [5.41, 5.74) is 2.85. The molecule has 0 bridgehead atoms. The number of hydrogen-bond donors (Lipinski definition) is 1. The Morgan fingerprint density at radius 3 is 2.49 bits per heavy atom. The van der Waals surface area contributed by atoms with Crippen molar-refractivity contribution in [2.75, 3.05) is 47.9 Å². The molecule has 0 radical (unpaired) electrons. The SMILES string of the molecule is CN(Cc1ccccc1)c1cc(/C=C2/SC(=O)NC2=O)nc(N2CCN(c3cccnc3)CC2)n1. The molecule has 178 valence electrons. The minimum absolute atomic E-state index is 0.331. The lowest BCUT2D eigenvalue weighted by Gasteiger charge is -2.36. The summed E-state index contributed by atoms with van der Waals surface area (Å²) in [5.74, 6) is 0.953. The molecule has 0 spiro atoms. The molecule has 1 N–H and O–H groups in total. The third-order valence-corrected chi connectivity index (χ3v) is 6.68. The monoisotopic (exact) mass is 487 g/mol. The summed E-state index contributed by atoms with van der Waals surface area (Å²) in [6.07, 6.45) is 5.31. The molecule has 35 heavy (non-hydrogen) atoms. The number of piperazine rings is 1. The molecule has 2 aliphatic heterocycles. The number of imide groups is 1. The van der Waals surface area contributed by atoms with Crippen LogP contribution in [0.25, 0.3) is 6.08 Å². The smallest absolute Gasteiger partial charge is 0.290 e. The van der Waals surface area contributed by atoms with Crippen LogP contribution in [0.15, 0.2) is 65.8 Å². The Bertz CT molecular complexity index is 1250. The van der Waals surface area contributed by atoms with Gasteiger partial charge in [-0.25, -0.2) is 4.98 Å². The Balaban J connectivity index is 1.41. The number of nitrogens with zero attached hydrogens (tertiary/aromatic N) is 6. The van der Waals surface area contributed by atoms with Gasteiger partial charge in [0.2, 0.25) is 5.95 Å². The highest BCUT2D eigenvalue weighted by Gasteiger charge is 2.26. The fourth-order valence-electron chi connectivity index (χ4n) is 4.05. The van der Waals surface area contributed by atoms with Crippen molar-refractivity contribution in [2.45, 2.75) is 6.54 Å². The molecule has 1 aromatic carbocycles. The highest BCUT2D eigenvalue weighted by Crippen LogP contribution is 2.27. The lowest BCUT2D eigenvalue weighted by molar-refractivity contribution is -0.115. The number of benzene rings is 1. The summed E-state index contributed by atoms with van der Waals surface area (Å²) >= 11 is 0.886. The largest absolute Gasteiger partial charge is 0.367 e. The van der Waals surface area contributed by atoms with Crippen LogP contribution in [0, 0.1) is 0 Å². The van der Waals surface area contributed by atoms with Crippen LogP contribution in [0.3, 0.4) is 0 Å². The predicted octanol–water partition coefficient (Wildman–Crippen LogP) is 3.16. The van der Waals surface area contributed by atoms with Gasteiger partial charge < -0.3 is 14.7 Å². The van der Waals surface area contributed by atoms with Crippen molar-refractivity contribution in [3.63, 3.8) is 0 Å². The number of carbonyl (C=O) groups is 2. The van der Waals surface area contributed by atoms with Gasteiger partial charge in [0, 0.05) is 52.0 Å². The zero-order valence-corrected chi connectivity index (χ0v) is 20.1. The van der Waals surface area contributed by atoms with Gasteiger partial charge in [-0.3, -0.25) is 19.9 Å². The molecule has 3 aromatic rings. The van der Waals surface area contributed by atoms with Gasteiger partial charge in [-0.15, -0.1) is 0 Å². The van der Waals surface area contributed by atoms with Crippen molar-refractivity contribution in [1.29, 1.82) is 0 Å². The molecule has 2 amide bonds. The van der Waals surface area contributed by atoms with Gasteiger partial charge in [-0.2, -0.15) is 4.98 Å². The first-order chi connectivity index (χ1) is 17.0. The number of aromatic nitrogens is 3. The Labute approximate surface area is 207 Å². The molecule has 0 atom stereocenters. The molecule has 0 saturated carbocycles. The first-order valence-electron chi connectivity index (χ1n) is 11.3. The Kier molecular flexibility index (Phi) is 6.62. The first-order valence-corrected chi connectivity index (χ1v) is 12.2. The normalized spacial score (nSPS) is 17.1. The Morgan fingerprint density at radius 2 is 1.80 bits per heavy atom. The lowest BCUT2D eigenvalue weighted by atomic mass is 10.2. The van der Waals surface area contributed by atoms with Gasteiger partial charge in [0.15, 0.2) is 0 Å². The minimum atomic E-state index is -0.399. The standard InChI is InChI=1S/C25H25N7O2S/c1-30(17-18-6-3-2-4-7-18)22-15-19(14-21-23(33)29-25(34)35-21)27-24(28-22)32-12-10-31(11-13-32)20-8-5-9-26-16-20/h2-9,14-16H,10-13,17H2,1H3,(H,29,33,34)/b21-14+. The van der Waals surface area contributed by atoms with Gasteiger partial charge in [0.25, 0.3) is 11.1 Å². The molecular weight excluding hydrogens is 462 g/mol. The molecule has 2 aromatic heterocycles. The maximum absolute atomic E-state index is 12.1. The molecule has 4 heterocycles. The second-order valence-electron chi connectivity index (χ2n) is 8.33. The summed E-state index contributed by atoms with van der Waals surface area (Å²) in [7, 11) is 1.98. The first kappa shape index (κ1) is 22.9. The number of pyridine rings is 1. The Hall–Kier alpha value is -3.92. The van der Waals surface area contributed by atoms with E-state index in [0.717, 1.165) is 55.0 Å². The average molecular weight is 488 g/mol. The van der Waals surface area contributed by atoms with Gasteiger partial charge >= 0.3 is 0 Å². The number of rotatable bonds is 6. The average Bonchev–Trinajstić information content (AvgIpc) is 3.21. The van der Waals surface area contributed by atoms with E-state index in [1.165, 1.54) is 0 Å². The maximum atomic E-state index is 12.1. The molecule has 5 rings (SSSR count). The second kappa shape index (κ2) is 10.1. The van der Waals surface area contributed by atoms with Gasteiger partial charge in [0.1, 0.15) is 5.82 Å². The quantitative estimate of drug-likeness (QED) is 0.526. The van der Waals surface area contributed by atoms with Crippen molar-refractivity contribution in [1.82, 2.24) is 20.3 Å². The van der Waals surface area contributed by atoms with Crippen molar-refractivity contribution in [2.24, 2.45) is 0 Å². The zero-order valence-electron chi connectivity index (χ0n) is 19.3. The van der Waals surface area contributed by atoms with E-state index in [0.29, 0.717) is 23.1 Å². The summed E-state index contributed by atoms with van der Waals surface area (Å²) in [5, 5.41) is 1.93. The molecule has 0 unspecified atom stereocenters. The lowest BCUT2D eigenvalue weighted by Crippen LogP contribution is -2.47. The van der Waals surface area contributed by atoms with E-state index in [1.54, 1.807) is 12.3 Å². The topological polar surface area (TPSA) is 94.6 Å². The second-order valence-corrected chi connectivity index (χ2v) is 9.34. The maximum Gasteiger partial charge on any atom is 0.290 e. The summed E-state index contributed by atoms with van der Waals surface area (Å²) in [6, 6.07) is 16.0. The predicted molar refractivity (Wildman–Crippen MR) is 138 cm³/mol. The highest BCUT2D eigenvalue weighted by atomic mass is 32.2. The number of carbonyl (C=O) groups excluding carboxylic acids is 2. The minimum Gasteiger partial charge on any atom is -0.367 e. The van der Waals surface area contributed by atoms with E-state index >= 15 is 0 Å². The van der Waals surface area contributed by atoms with Crippen LogP contribution in [-0.4, -0.2) is 59.3 Å². The van der Waals surface area contributed by atoms with Crippen LogP contribution in [-0.2, 0) is 11.3 Å². The van der Waals surface area contributed by atoms with E-state index in [4.69, 9.17) is 9.97 Å². The van der Waals surface area contributed by atoms with Crippen LogP contribution in [0.2, 0.25) is 0 Å². The van der Waals surface area contributed by atoms with Gasteiger partial charge in [-0.05, 0) is 35.5 Å². The van der Waals surface area contributed by atoms with E-state index < -0.39 is 5.91 Å². The molecule has 10 heteroatoms. The summed E-state index contributed by atoms with van der Waals surface area (Å²) in [4.78, 5) is 44.4. The fraction of sp³-hybridized carbons (Fsp3) is 0.240. The summed E-state index contributed by atoms with van der Waals surface area (Å²) < 4.78 is 0. The molecular formula is C25H25N7O2S. The summed E-state index contributed by atoms with van der Waals surface area (Å²) in [6.45, 7) is 3.83. The Morgan fingerprint density at radius 1 is 1.03 bits per heavy atom. The van der Waals surface area contributed by atoms with Crippen molar-refractivity contribution < 1.29 is 9.59 Å². The van der Waals surface area contributed by atoms with E-state index in [-0.39, 0.29) is 5.24 Å². The van der Waals surface area contributed by atoms with E-state index in [1.807, 2.05) is 43.6 Å². The van der Waals surface area contributed by atoms with Gasteiger partial charge in [0.05, 0.1) is 22.5 Å². The number of hydrogen-bond acceptors (Lipinski definition) is 9. The van der Waals surface area contributed by atoms with Crippen LogP contribution in [0.4, 0.5) is 22.2 Å². The van der Waals surface area contributed by atoms with Crippen molar-refractivity contribution in [3.05, 3.63) is 77.1 Å². The molecule has 0 aliphatic carbocycles. The highest BCUT2D eigenvalue weighted by molar-refractivity contribution is 8.18. The van der Waals surface area contributed by atoms with E-state index in [2.05, 4.69) is 43.2 Å². The van der Waals surface area contributed by atoms with Crippen molar-refractivity contribution >= 4 is 46.4 Å². The number of thioether (sulfide) groups is 1. The van der Waals surface area contributed by atoms with E-state index in [9.17, 15) is 9.59 Å². The van der Waals surface area contributed by atoms with Crippen LogP contribution in [0.5, 0.6) is 0 Å².